The normalized spacial score (nSPS) is 16.3. The Morgan fingerprint density at radius 3 is 2.47 bits per heavy atom. The molecular weight excluding hydrogens is 192 g/mol. The fourth-order valence-electron chi connectivity index (χ4n) is 1.15. The largest absolute Gasteiger partial charge is 0.459 e. The second kappa shape index (κ2) is 5.71. The lowest BCUT2D eigenvalue weighted by Crippen LogP contribution is -2.31. The van der Waals surface area contributed by atoms with Gasteiger partial charge in [-0.15, -0.1) is 6.58 Å². The Kier molecular flexibility index (Phi) is 5.29. The summed E-state index contributed by atoms with van der Waals surface area (Å²) in [5, 5.41) is 0. The van der Waals surface area contributed by atoms with Crippen molar-refractivity contribution in [3.63, 3.8) is 0 Å². The van der Waals surface area contributed by atoms with Crippen LogP contribution in [0.3, 0.4) is 0 Å². The van der Waals surface area contributed by atoms with Crippen molar-refractivity contribution < 1.29 is 14.3 Å². The van der Waals surface area contributed by atoms with Crippen LogP contribution in [0.5, 0.6) is 0 Å². The number of esters is 1. The molecule has 0 N–H and O–H groups in total. The average molecular weight is 212 g/mol. The summed E-state index contributed by atoms with van der Waals surface area (Å²) in [6, 6.07) is 0. The van der Waals surface area contributed by atoms with Crippen molar-refractivity contribution in [2.24, 2.45) is 0 Å². The third-order valence-electron chi connectivity index (χ3n) is 2.25. The minimum atomic E-state index is -0.464. The summed E-state index contributed by atoms with van der Waals surface area (Å²) < 4.78 is 10.4. The van der Waals surface area contributed by atoms with Gasteiger partial charge < -0.3 is 9.47 Å². The van der Waals surface area contributed by atoms with Gasteiger partial charge in [0, 0.05) is 19.1 Å². The van der Waals surface area contributed by atoms with Crippen LogP contribution >= 0.6 is 0 Å². The van der Waals surface area contributed by atoms with Crippen LogP contribution in [0.2, 0.25) is 0 Å². The van der Waals surface area contributed by atoms with Crippen LogP contribution in [-0.2, 0) is 14.3 Å². The molecule has 0 rings (SSSR count). The Morgan fingerprint density at radius 1 is 1.60 bits per heavy atom. The molecule has 2 atom stereocenters. The SMILES string of the molecule is C=CC(C)(CC(C)OC(=O)C(=C)C)OC. The van der Waals surface area contributed by atoms with Crippen molar-refractivity contribution in [1.82, 2.24) is 0 Å². The maximum Gasteiger partial charge on any atom is 0.333 e. The van der Waals surface area contributed by atoms with E-state index >= 15 is 0 Å². The minimum absolute atomic E-state index is 0.225. The first-order chi connectivity index (χ1) is 6.84. The topological polar surface area (TPSA) is 35.5 Å². The summed E-state index contributed by atoms with van der Waals surface area (Å²) in [4.78, 5) is 11.2. The Balaban J connectivity index is 4.25. The molecule has 0 spiro atoms. The lowest BCUT2D eigenvalue weighted by atomic mass is 9.99. The highest BCUT2D eigenvalue weighted by Gasteiger charge is 2.24. The number of hydrogen-bond acceptors (Lipinski definition) is 3. The third kappa shape index (κ3) is 4.79. The molecule has 2 unspecified atom stereocenters. The van der Waals surface area contributed by atoms with E-state index in [1.165, 1.54) is 0 Å². The van der Waals surface area contributed by atoms with Gasteiger partial charge in [-0.2, -0.15) is 0 Å². The number of carbonyl (C=O) groups excluding carboxylic acids is 1. The van der Waals surface area contributed by atoms with Gasteiger partial charge in [0.05, 0.1) is 5.60 Å². The molecule has 0 aliphatic heterocycles. The lowest BCUT2D eigenvalue weighted by Gasteiger charge is -2.27. The monoisotopic (exact) mass is 212 g/mol. The Morgan fingerprint density at radius 2 is 2.13 bits per heavy atom. The smallest absolute Gasteiger partial charge is 0.333 e. The summed E-state index contributed by atoms with van der Waals surface area (Å²) in [7, 11) is 1.61. The molecule has 0 aromatic heterocycles. The predicted molar refractivity (Wildman–Crippen MR) is 60.6 cm³/mol. The Bertz CT molecular complexity index is 258. The molecule has 0 amide bonds. The molecule has 0 saturated heterocycles. The van der Waals surface area contributed by atoms with Gasteiger partial charge >= 0.3 is 5.97 Å². The van der Waals surface area contributed by atoms with Crippen molar-refractivity contribution in [3.05, 3.63) is 24.8 Å². The molecule has 0 saturated carbocycles. The number of ether oxygens (including phenoxy) is 2. The molecule has 0 fully saturated rings. The summed E-state index contributed by atoms with van der Waals surface area (Å²) in [5.41, 5.74) is -0.0611. The maximum atomic E-state index is 11.2. The first-order valence-electron chi connectivity index (χ1n) is 4.90. The van der Waals surface area contributed by atoms with Crippen LogP contribution in [0, 0.1) is 0 Å². The molecule has 0 radical (unpaired) electrons. The van der Waals surface area contributed by atoms with E-state index < -0.39 is 5.60 Å². The van der Waals surface area contributed by atoms with Crippen molar-refractivity contribution >= 4 is 5.97 Å². The van der Waals surface area contributed by atoms with Crippen LogP contribution in [-0.4, -0.2) is 24.8 Å². The van der Waals surface area contributed by atoms with Gasteiger partial charge in [-0.1, -0.05) is 12.7 Å². The van der Waals surface area contributed by atoms with Crippen LogP contribution < -0.4 is 0 Å². The van der Waals surface area contributed by atoms with E-state index in [1.807, 2.05) is 13.8 Å². The second-order valence-electron chi connectivity index (χ2n) is 3.92. The van der Waals surface area contributed by atoms with Crippen LogP contribution in [0.1, 0.15) is 27.2 Å². The highest BCUT2D eigenvalue weighted by molar-refractivity contribution is 5.87. The van der Waals surface area contributed by atoms with E-state index in [-0.39, 0.29) is 12.1 Å². The summed E-state index contributed by atoms with van der Waals surface area (Å²) in [6.07, 6.45) is 2.06. The maximum absolute atomic E-state index is 11.2. The van der Waals surface area contributed by atoms with E-state index in [2.05, 4.69) is 13.2 Å². The van der Waals surface area contributed by atoms with Gasteiger partial charge in [0.15, 0.2) is 0 Å². The van der Waals surface area contributed by atoms with E-state index in [4.69, 9.17) is 9.47 Å². The molecule has 15 heavy (non-hydrogen) atoms. The standard InChI is InChI=1S/C12H20O3/c1-7-12(5,14-6)8-10(4)15-11(13)9(2)3/h7,10H,1-2,8H2,3-6H3. The Labute approximate surface area is 91.8 Å². The predicted octanol–water partition coefficient (Wildman–Crippen LogP) is 2.48. The molecule has 0 aromatic carbocycles. The highest BCUT2D eigenvalue weighted by atomic mass is 16.5. The molecule has 0 aliphatic carbocycles. The van der Waals surface area contributed by atoms with Crippen molar-refractivity contribution in [2.75, 3.05) is 7.11 Å². The highest BCUT2D eigenvalue weighted by Crippen LogP contribution is 2.19. The zero-order valence-electron chi connectivity index (χ0n) is 10.0. The number of methoxy groups -OCH3 is 1. The molecule has 86 valence electrons. The molecular formula is C12H20O3. The first-order valence-corrected chi connectivity index (χ1v) is 4.90. The number of hydrogen-bond donors (Lipinski definition) is 0. The van der Waals surface area contributed by atoms with Gasteiger partial charge in [0.2, 0.25) is 0 Å². The van der Waals surface area contributed by atoms with Gasteiger partial charge in [-0.3, -0.25) is 0 Å². The van der Waals surface area contributed by atoms with E-state index in [0.29, 0.717) is 12.0 Å². The van der Waals surface area contributed by atoms with Crippen LogP contribution in [0.25, 0.3) is 0 Å². The number of carbonyl (C=O) groups is 1. The third-order valence-corrected chi connectivity index (χ3v) is 2.25. The fraction of sp³-hybridized carbons (Fsp3) is 0.583. The zero-order chi connectivity index (χ0) is 12.1. The summed E-state index contributed by atoms with van der Waals surface area (Å²) in [6.45, 7) is 12.5. The minimum Gasteiger partial charge on any atom is -0.459 e. The summed E-state index contributed by atoms with van der Waals surface area (Å²) in [5.74, 6) is -0.370. The van der Waals surface area contributed by atoms with Crippen LogP contribution in [0.15, 0.2) is 24.8 Å². The van der Waals surface area contributed by atoms with Gasteiger partial charge in [0.1, 0.15) is 6.10 Å². The molecule has 3 nitrogen and oxygen atoms in total. The molecule has 0 bridgehead atoms. The zero-order valence-corrected chi connectivity index (χ0v) is 10.0. The van der Waals surface area contributed by atoms with Gasteiger partial charge in [-0.05, 0) is 20.8 Å². The molecule has 0 aromatic rings. The van der Waals surface area contributed by atoms with Crippen molar-refractivity contribution in [2.45, 2.75) is 38.9 Å². The summed E-state index contributed by atoms with van der Waals surface area (Å²) >= 11 is 0. The molecule has 3 heteroatoms. The molecule has 0 heterocycles. The lowest BCUT2D eigenvalue weighted by molar-refractivity contribution is -0.145. The fourth-order valence-corrected chi connectivity index (χ4v) is 1.15. The van der Waals surface area contributed by atoms with Crippen LogP contribution in [0.4, 0.5) is 0 Å². The van der Waals surface area contributed by atoms with E-state index in [0.717, 1.165) is 0 Å². The average Bonchev–Trinajstić information content (AvgIpc) is 2.17. The van der Waals surface area contributed by atoms with Crippen molar-refractivity contribution in [3.8, 4) is 0 Å². The molecule has 0 aliphatic rings. The van der Waals surface area contributed by atoms with Gasteiger partial charge in [0.25, 0.3) is 0 Å². The second-order valence-corrected chi connectivity index (χ2v) is 3.92. The van der Waals surface area contributed by atoms with E-state index in [9.17, 15) is 4.79 Å². The van der Waals surface area contributed by atoms with Crippen molar-refractivity contribution in [1.29, 1.82) is 0 Å². The Hall–Kier alpha value is -1.09. The first kappa shape index (κ1) is 13.9. The number of rotatable bonds is 6. The van der Waals surface area contributed by atoms with Gasteiger partial charge in [-0.25, -0.2) is 4.79 Å². The van der Waals surface area contributed by atoms with E-state index in [1.54, 1.807) is 20.1 Å². The quantitative estimate of drug-likeness (QED) is 0.385.